The molecule has 0 spiro atoms. The first kappa shape index (κ1) is 24.1. The summed E-state index contributed by atoms with van der Waals surface area (Å²) in [5.41, 5.74) is 3.44. The van der Waals surface area contributed by atoms with Crippen molar-refractivity contribution in [1.29, 1.82) is 0 Å². The molecule has 1 aliphatic rings. The molecular formula is C28H24ClN5O3. The third-order valence-corrected chi connectivity index (χ3v) is 6.29. The Labute approximate surface area is 218 Å². The van der Waals surface area contributed by atoms with Gasteiger partial charge in [0.05, 0.1) is 18.9 Å². The minimum atomic E-state index is -0.619. The van der Waals surface area contributed by atoms with Gasteiger partial charge in [-0.2, -0.15) is 5.10 Å². The van der Waals surface area contributed by atoms with E-state index in [0.717, 1.165) is 5.56 Å². The maximum atomic E-state index is 13.6. The lowest BCUT2D eigenvalue weighted by Gasteiger charge is -2.30. The number of carbonyl (C=O) groups is 2. The molecule has 186 valence electrons. The van der Waals surface area contributed by atoms with Gasteiger partial charge in [-0.1, -0.05) is 41.9 Å². The van der Waals surface area contributed by atoms with Crippen molar-refractivity contribution in [2.45, 2.75) is 13.0 Å². The number of carbonyl (C=O) groups excluding carboxylic acids is 2. The molecule has 4 aromatic rings. The molecule has 0 saturated carbocycles. The predicted octanol–water partition coefficient (Wildman–Crippen LogP) is 5.73. The molecule has 0 bridgehead atoms. The maximum Gasteiger partial charge on any atom is 0.261 e. The van der Waals surface area contributed by atoms with Crippen molar-refractivity contribution in [3.05, 3.63) is 112 Å². The summed E-state index contributed by atoms with van der Waals surface area (Å²) in [5.74, 6) is 0.546. The fraction of sp³-hybridized carbons (Fsp3) is 0.107. The number of aromatic nitrogens is 2. The standard InChI is InChI=1S/C28H24ClN5O3/c1-17-24(28(36)33-21-11-13-22(37-2)14-12-21)25(18-7-6-8-19(29)15-18)34-26(31-17)23(16-30-34)27(35)32-20-9-4-3-5-10-20/h3-16,25,31H,1-2H3,(H,32,35)(H,33,36). The molecule has 37 heavy (non-hydrogen) atoms. The number of ether oxygens (including phenoxy) is 1. The summed E-state index contributed by atoms with van der Waals surface area (Å²) in [6.07, 6.45) is 1.50. The van der Waals surface area contributed by atoms with E-state index in [2.05, 4.69) is 21.0 Å². The highest BCUT2D eigenvalue weighted by molar-refractivity contribution is 6.30. The molecule has 3 aromatic carbocycles. The number of nitrogens with one attached hydrogen (secondary N) is 3. The van der Waals surface area contributed by atoms with Crippen molar-refractivity contribution >= 4 is 40.6 Å². The van der Waals surface area contributed by atoms with Crippen LogP contribution >= 0.6 is 11.6 Å². The Bertz CT molecular complexity index is 1500. The zero-order valence-electron chi connectivity index (χ0n) is 20.2. The van der Waals surface area contributed by atoms with E-state index in [1.54, 1.807) is 55.1 Å². The molecule has 1 aliphatic heterocycles. The molecule has 0 radical (unpaired) electrons. The molecule has 2 amide bonds. The Morgan fingerprint density at radius 3 is 2.35 bits per heavy atom. The predicted molar refractivity (Wildman–Crippen MR) is 144 cm³/mol. The van der Waals surface area contributed by atoms with E-state index in [9.17, 15) is 9.59 Å². The third kappa shape index (κ3) is 4.92. The Morgan fingerprint density at radius 1 is 0.946 bits per heavy atom. The number of benzene rings is 3. The zero-order chi connectivity index (χ0) is 25.9. The lowest BCUT2D eigenvalue weighted by atomic mass is 9.94. The van der Waals surface area contributed by atoms with Gasteiger partial charge in [0.1, 0.15) is 23.2 Å². The molecule has 1 atom stereocenters. The number of para-hydroxylation sites is 1. The summed E-state index contributed by atoms with van der Waals surface area (Å²) < 4.78 is 6.84. The van der Waals surface area contributed by atoms with Gasteiger partial charge >= 0.3 is 0 Å². The van der Waals surface area contributed by atoms with Gasteiger partial charge in [-0.05, 0) is 61.0 Å². The fourth-order valence-corrected chi connectivity index (χ4v) is 4.49. The minimum absolute atomic E-state index is 0.309. The topological polar surface area (TPSA) is 97.3 Å². The van der Waals surface area contributed by atoms with Crippen molar-refractivity contribution in [1.82, 2.24) is 9.78 Å². The smallest absolute Gasteiger partial charge is 0.261 e. The molecule has 0 fully saturated rings. The quantitative estimate of drug-likeness (QED) is 0.306. The highest BCUT2D eigenvalue weighted by atomic mass is 35.5. The molecule has 1 unspecified atom stereocenters. The van der Waals surface area contributed by atoms with E-state index in [1.807, 2.05) is 42.5 Å². The van der Waals surface area contributed by atoms with Gasteiger partial charge < -0.3 is 20.7 Å². The second-order valence-electron chi connectivity index (χ2n) is 8.48. The van der Waals surface area contributed by atoms with Crippen LogP contribution in [0.1, 0.15) is 28.9 Å². The number of hydrogen-bond acceptors (Lipinski definition) is 5. The molecule has 8 nitrogen and oxygen atoms in total. The largest absolute Gasteiger partial charge is 0.497 e. The average Bonchev–Trinajstić information content (AvgIpc) is 3.32. The number of methoxy groups -OCH3 is 1. The van der Waals surface area contributed by atoms with Crippen LogP contribution in [0.5, 0.6) is 5.75 Å². The second-order valence-corrected chi connectivity index (χ2v) is 8.91. The summed E-state index contributed by atoms with van der Waals surface area (Å²) >= 11 is 6.32. The molecule has 5 rings (SSSR count). The van der Waals surface area contributed by atoms with E-state index >= 15 is 0 Å². The van der Waals surface area contributed by atoms with Crippen molar-refractivity contribution < 1.29 is 14.3 Å². The summed E-state index contributed by atoms with van der Waals surface area (Å²) in [6, 6.07) is 22.9. The van der Waals surface area contributed by atoms with E-state index in [-0.39, 0.29) is 11.8 Å². The molecule has 0 saturated heterocycles. The number of anilines is 3. The number of halogens is 1. The number of allylic oxidation sites excluding steroid dienone is 1. The molecular weight excluding hydrogens is 490 g/mol. The van der Waals surface area contributed by atoms with Crippen molar-refractivity contribution in [2.75, 3.05) is 23.1 Å². The van der Waals surface area contributed by atoms with Crippen molar-refractivity contribution in [2.24, 2.45) is 0 Å². The van der Waals surface area contributed by atoms with Crippen LogP contribution in [0.25, 0.3) is 0 Å². The van der Waals surface area contributed by atoms with Crippen molar-refractivity contribution in [3.8, 4) is 5.75 Å². The van der Waals surface area contributed by atoms with Crippen LogP contribution in [0.2, 0.25) is 5.02 Å². The molecule has 9 heteroatoms. The Morgan fingerprint density at radius 2 is 1.65 bits per heavy atom. The third-order valence-electron chi connectivity index (χ3n) is 6.06. The van der Waals surface area contributed by atoms with Crippen LogP contribution < -0.4 is 20.7 Å². The number of rotatable bonds is 6. The van der Waals surface area contributed by atoms with Gasteiger partial charge in [-0.3, -0.25) is 9.59 Å². The lowest BCUT2D eigenvalue weighted by molar-refractivity contribution is -0.113. The van der Waals surface area contributed by atoms with Crippen LogP contribution in [0, 0.1) is 0 Å². The first-order valence-corrected chi connectivity index (χ1v) is 11.9. The van der Waals surface area contributed by atoms with Crippen LogP contribution in [-0.2, 0) is 4.79 Å². The maximum absolute atomic E-state index is 13.6. The summed E-state index contributed by atoms with van der Waals surface area (Å²) in [7, 11) is 1.58. The van der Waals surface area contributed by atoms with Gasteiger partial charge in [0.2, 0.25) is 0 Å². The Balaban J connectivity index is 1.53. The SMILES string of the molecule is COc1ccc(NC(=O)C2=C(C)Nc3c(C(=O)Nc4ccccc4)cnn3C2c2cccc(Cl)c2)cc1. The van der Waals surface area contributed by atoms with E-state index in [4.69, 9.17) is 16.3 Å². The van der Waals surface area contributed by atoms with Gasteiger partial charge in [-0.15, -0.1) is 0 Å². The lowest BCUT2D eigenvalue weighted by Crippen LogP contribution is -2.32. The Kier molecular flexibility index (Phi) is 6.66. The number of hydrogen-bond donors (Lipinski definition) is 3. The second kappa shape index (κ2) is 10.2. The first-order chi connectivity index (χ1) is 17.9. The van der Waals surface area contributed by atoms with E-state index in [0.29, 0.717) is 44.8 Å². The number of nitrogens with zero attached hydrogens (tertiary/aromatic N) is 2. The number of amides is 2. The Hall–Kier alpha value is -4.56. The molecule has 3 N–H and O–H groups in total. The first-order valence-electron chi connectivity index (χ1n) is 11.6. The summed E-state index contributed by atoms with van der Waals surface area (Å²) in [4.78, 5) is 26.7. The van der Waals surface area contributed by atoms with E-state index in [1.165, 1.54) is 6.20 Å². The monoisotopic (exact) mass is 513 g/mol. The van der Waals surface area contributed by atoms with Gasteiger partial charge in [-0.25, -0.2) is 4.68 Å². The van der Waals surface area contributed by atoms with Crippen molar-refractivity contribution in [3.63, 3.8) is 0 Å². The highest BCUT2D eigenvalue weighted by Gasteiger charge is 2.35. The summed E-state index contributed by atoms with van der Waals surface area (Å²) in [5, 5.41) is 14.1. The minimum Gasteiger partial charge on any atom is -0.497 e. The molecule has 1 aromatic heterocycles. The van der Waals surface area contributed by atoms with Crippen LogP contribution in [0.15, 0.2) is 96.3 Å². The average molecular weight is 514 g/mol. The molecule has 0 aliphatic carbocycles. The normalized spacial score (nSPS) is 14.4. The summed E-state index contributed by atoms with van der Waals surface area (Å²) in [6.45, 7) is 1.80. The molecule has 2 heterocycles. The zero-order valence-corrected chi connectivity index (χ0v) is 20.9. The van der Waals surface area contributed by atoms with Gasteiger partial charge in [0.15, 0.2) is 0 Å². The number of fused-ring (bicyclic) bond motifs is 1. The van der Waals surface area contributed by atoms with Crippen LogP contribution in [-0.4, -0.2) is 28.7 Å². The van der Waals surface area contributed by atoms with Crippen LogP contribution in [0.3, 0.4) is 0 Å². The van der Waals surface area contributed by atoms with Crippen LogP contribution in [0.4, 0.5) is 17.2 Å². The van der Waals surface area contributed by atoms with Gasteiger partial charge in [0, 0.05) is 22.1 Å². The fourth-order valence-electron chi connectivity index (χ4n) is 4.29. The highest BCUT2D eigenvalue weighted by Crippen LogP contribution is 2.38. The van der Waals surface area contributed by atoms with E-state index < -0.39 is 6.04 Å². The van der Waals surface area contributed by atoms with Gasteiger partial charge in [0.25, 0.3) is 11.8 Å².